The van der Waals surface area contributed by atoms with Crippen molar-refractivity contribution < 1.29 is 4.92 Å². The summed E-state index contributed by atoms with van der Waals surface area (Å²) in [5.74, 6) is 0. The van der Waals surface area contributed by atoms with E-state index in [4.69, 9.17) is 5.26 Å². The van der Waals surface area contributed by atoms with Gasteiger partial charge in [0.1, 0.15) is 11.8 Å². The molecule has 1 N–H and O–H groups in total. The van der Waals surface area contributed by atoms with Crippen molar-refractivity contribution in [2.45, 2.75) is 13.8 Å². The second-order valence-electron chi connectivity index (χ2n) is 4.04. The average Bonchev–Trinajstić information content (AvgIpc) is 2.65. The smallest absolute Gasteiger partial charge is 0.269 e. The maximum Gasteiger partial charge on any atom is 0.269 e. The summed E-state index contributed by atoms with van der Waals surface area (Å²) < 4.78 is 0. The van der Waals surface area contributed by atoms with Gasteiger partial charge in [0.15, 0.2) is 0 Å². The number of H-pyrrole nitrogens is 1. The van der Waals surface area contributed by atoms with Crippen LogP contribution in [0.2, 0.25) is 0 Å². The van der Waals surface area contributed by atoms with Crippen LogP contribution in [0, 0.1) is 35.3 Å². The van der Waals surface area contributed by atoms with Gasteiger partial charge in [-0.05, 0) is 37.1 Å². The largest absolute Gasteiger partial charge is 0.350 e. The first-order chi connectivity index (χ1) is 8.54. The number of benzene rings is 1. The minimum Gasteiger partial charge on any atom is -0.350 e. The summed E-state index contributed by atoms with van der Waals surface area (Å²) in [6.45, 7) is 3.81. The number of non-ortho nitro benzene ring substituents is 1. The van der Waals surface area contributed by atoms with E-state index in [-0.39, 0.29) is 5.69 Å². The van der Waals surface area contributed by atoms with Crippen LogP contribution in [0.5, 0.6) is 0 Å². The minimum atomic E-state index is -0.440. The van der Waals surface area contributed by atoms with E-state index in [2.05, 4.69) is 11.1 Å². The minimum absolute atomic E-state index is 0.0437. The molecular weight excluding hydrogens is 230 g/mol. The third-order valence-electron chi connectivity index (χ3n) is 2.98. The van der Waals surface area contributed by atoms with Crippen molar-refractivity contribution in [3.8, 4) is 17.2 Å². The van der Waals surface area contributed by atoms with E-state index in [1.54, 1.807) is 12.1 Å². The van der Waals surface area contributed by atoms with Gasteiger partial charge in [0.25, 0.3) is 5.69 Å². The predicted molar refractivity (Wildman–Crippen MR) is 67.1 cm³/mol. The first-order valence-corrected chi connectivity index (χ1v) is 5.38. The predicted octanol–water partition coefficient (Wildman–Crippen LogP) is 3.08. The molecule has 1 heterocycles. The second-order valence-corrected chi connectivity index (χ2v) is 4.04. The number of nitrogens with zero attached hydrogens (tertiary/aromatic N) is 2. The molecule has 0 saturated carbocycles. The molecule has 2 aromatic rings. The number of nitro groups is 1. The highest BCUT2D eigenvalue weighted by Gasteiger charge is 2.14. The normalized spacial score (nSPS) is 10.1. The van der Waals surface area contributed by atoms with Gasteiger partial charge in [0.05, 0.1) is 4.92 Å². The molecule has 0 amide bonds. The zero-order valence-corrected chi connectivity index (χ0v) is 10.0. The molecule has 0 aliphatic rings. The SMILES string of the molecule is Cc1[nH]c(C#N)c(-c2ccc([N+](=O)[O-])cc2)c1C. The summed E-state index contributed by atoms with van der Waals surface area (Å²) in [6.07, 6.45) is 0. The van der Waals surface area contributed by atoms with E-state index >= 15 is 0 Å². The Kier molecular flexibility index (Phi) is 2.86. The van der Waals surface area contributed by atoms with Gasteiger partial charge >= 0.3 is 0 Å². The van der Waals surface area contributed by atoms with Gasteiger partial charge in [0, 0.05) is 23.4 Å². The van der Waals surface area contributed by atoms with Gasteiger partial charge in [-0.3, -0.25) is 10.1 Å². The Morgan fingerprint density at radius 3 is 2.39 bits per heavy atom. The molecule has 0 radical (unpaired) electrons. The van der Waals surface area contributed by atoms with E-state index < -0.39 is 4.92 Å². The van der Waals surface area contributed by atoms with Gasteiger partial charge in [-0.15, -0.1) is 0 Å². The summed E-state index contributed by atoms with van der Waals surface area (Å²) in [7, 11) is 0. The van der Waals surface area contributed by atoms with E-state index in [0.29, 0.717) is 5.69 Å². The number of aromatic amines is 1. The molecule has 18 heavy (non-hydrogen) atoms. The molecule has 0 aliphatic heterocycles. The van der Waals surface area contributed by atoms with Crippen LogP contribution >= 0.6 is 0 Å². The van der Waals surface area contributed by atoms with Gasteiger partial charge in [0.2, 0.25) is 0 Å². The third kappa shape index (κ3) is 1.84. The molecule has 0 atom stereocenters. The fourth-order valence-corrected chi connectivity index (χ4v) is 1.91. The van der Waals surface area contributed by atoms with Gasteiger partial charge in [-0.25, -0.2) is 0 Å². The molecule has 0 saturated heterocycles. The lowest BCUT2D eigenvalue weighted by Crippen LogP contribution is -1.88. The molecule has 0 fully saturated rings. The monoisotopic (exact) mass is 241 g/mol. The average molecular weight is 241 g/mol. The van der Waals surface area contributed by atoms with Crippen LogP contribution in [-0.4, -0.2) is 9.91 Å². The van der Waals surface area contributed by atoms with Crippen LogP contribution < -0.4 is 0 Å². The lowest BCUT2D eigenvalue weighted by molar-refractivity contribution is -0.384. The van der Waals surface area contributed by atoms with Crippen LogP contribution in [-0.2, 0) is 0 Å². The number of nitriles is 1. The summed E-state index contributed by atoms with van der Waals surface area (Å²) in [5, 5.41) is 19.7. The lowest BCUT2D eigenvalue weighted by atomic mass is 10.0. The third-order valence-corrected chi connectivity index (χ3v) is 2.98. The van der Waals surface area contributed by atoms with E-state index in [1.807, 2.05) is 13.8 Å². The van der Waals surface area contributed by atoms with Crippen molar-refractivity contribution >= 4 is 5.69 Å². The standard InChI is InChI=1S/C13H11N3O2/c1-8-9(2)15-12(7-14)13(8)10-3-5-11(6-4-10)16(17)18/h3-6,15H,1-2H3. The Labute approximate surface area is 104 Å². The van der Waals surface area contributed by atoms with Crippen molar-refractivity contribution in [3.05, 3.63) is 51.3 Å². The van der Waals surface area contributed by atoms with Crippen molar-refractivity contribution in [3.63, 3.8) is 0 Å². The zero-order chi connectivity index (χ0) is 13.3. The molecule has 0 spiro atoms. The Bertz CT molecular complexity index is 648. The fraction of sp³-hybridized carbons (Fsp3) is 0.154. The molecule has 0 bridgehead atoms. The number of aromatic nitrogens is 1. The van der Waals surface area contributed by atoms with Crippen molar-refractivity contribution in [2.75, 3.05) is 0 Å². The maximum absolute atomic E-state index is 10.6. The Morgan fingerprint density at radius 1 is 1.28 bits per heavy atom. The molecule has 0 unspecified atom stereocenters. The zero-order valence-electron chi connectivity index (χ0n) is 10.0. The first kappa shape index (κ1) is 11.9. The van der Waals surface area contributed by atoms with E-state index in [9.17, 15) is 10.1 Å². The van der Waals surface area contributed by atoms with Crippen molar-refractivity contribution in [1.29, 1.82) is 5.26 Å². The molecule has 5 nitrogen and oxygen atoms in total. The van der Waals surface area contributed by atoms with Crippen LogP contribution in [0.3, 0.4) is 0 Å². The van der Waals surface area contributed by atoms with Crippen molar-refractivity contribution in [1.82, 2.24) is 4.98 Å². The van der Waals surface area contributed by atoms with E-state index in [0.717, 1.165) is 22.4 Å². The maximum atomic E-state index is 10.6. The van der Waals surface area contributed by atoms with Crippen molar-refractivity contribution in [2.24, 2.45) is 0 Å². The van der Waals surface area contributed by atoms with Crippen LogP contribution in [0.4, 0.5) is 5.69 Å². The molecule has 90 valence electrons. The molecule has 1 aromatic carbocycles. The van der Waals surface area contributed by atoms with Crippen LogP contribution in [0.15, 0.2) is 24.3 Å². The number of aryl methyl sites for hydroxylation is 1. The number of nitrogens with one attached hydrogen (secondary N) is 1. The number of hydrogen-bond donors (Lipinski definition) is 1. The highest BCUT2D eigenvalue weighted by molar-refractivity contribution is 5.74. The number of rotatable bonds is 2. The highest BCUT2D eigenvalue weighted by Crippen LogP contribution is 2.30. The fourth-order valence-electron chi connectivity index (χ4n) is 1.91. The molecule has 1 aromatic heterocycles. The Morgan fingerprint density at radius 2 is 1.89 bits per heavy atom. The molecule has 5 heteroatoms. The molecule has 2 rings (SSSR count). The molecule has 0 aliphatic carbocycles. The van der Waals surface area contributed by atoms with Crippen LogP contribution in [0.1, 0.15) is 17.0 Å². The Balaban J connectivity index is 2.56. The summed E-state index contributed by atoms with van der Waals surface area (Å²) in [4.78, 5) is 13.2. The second kappa shape index (κ2) is 4.34. The first-order valence-electron chi connectivity index (χ1n) is 5.38. The Hall–Kier alpha value is -2.61. The molecular formula is C13H11N3O2. The van der Waals surface area contributed by atoms with Crippen LogP contribution in [0.25, 0.3) is 11.1 Å². The van der Waals surface area contributed by atoms with Gasteiger partial charge in [-0.1, -0.05) is 0 Å². The highest BCUT2D eigenvalue weighted by atomic mass is 16.6. The lowest BCUT2D eigenvalue weighted by Gasteiger charge is -2.01. The summed E-state index contributed by atoms with van der Waals surface area (Å²) in [6, 6.07) is 8.31. The van der Waals surface area contributed by atoms with Gasteiger partial charge < -0.3 is 4.98 Å². The number of hydrogen-bond acceptors (Lipinski definition) is 3. The van der Waals surface area contributed by atoms with Gasteiger partial charge in [-0.2, -0.15) is 5.26 Å². The number of nitro benzene ring substituents is 1. The quantitative estimate of drug-likeness (QED) is 0.647. The topological polar surface area (TPSA) is 82.7 Å². The summed E-state index contributed by atoms with van der Waals surface area (Å²) in [5.41, 5.74) is 4.06. The summed E-state index contributed by atoms with van der Waals surface area (Å²) >= 11 is 0. The van der Waals surface area contributed by atoms with E-state index in [1.165, 1.54) is 12.1 Å².